The van der Waals surface area contributed by atoms with Gasteiger partial charge < -0.3 is 15.0 Å². The third-order valence-electron chi connectivity index (χ3n) is 4.09. The van der Waals surface area contributed by atoms with Crippen molar-refractivity contribution in [3.8, 4) is 0 Å². The zero-order valence-electron chi connectivity index (χ0n) is 10.8. The first-order chi connectivity index (χ1) is 8.81. The van der Waals surface area contributed by atoms with Gasteiger partial charge in [-0.3, -0.25) is 0 Å². The Bertz CT molecular complexity index is 526. The maximum Gasteiger partial charge on any atom is 0.0743 e. The van der Waals surface area contributed by atoms with E-state index in [1.165, 1.54) is 16.5 Å². The Morgan fingerprint density at radius 2 is 2.06 bits per heavy atom. The molecule has 0 atom stereocenters. The lowest BCUT2D eigenvalue weighted by Gasteiger charge is -2.36. The number of methoxy groups -OCH3 is 1. The van der Waals surface area contributed by atoms with E-state index in [2.05, 4.69) is 34.6 Å². The van der Waals surface area contributed by atoms with Gasteiger partial charge in [0.25, 0.3) is 0 Å². The standard InChI is InChI=1S/C15H20N2O/c1-18-15(5-8-16-9-6-15)11-12-2-3-13-4-7-17-14(13)10-12/h2-4,7,10,16-17H,5-6,8-9,11H2,1H3. The fourth-order valence-electron chi connectivity index (χ4n) is 2.91. The fraction of sp³-hybridized carbons (Fsp3) is 0.467. The van der Waals surface area contributed by atoms with E-state index in [1.54, 1.807) is 0 Å². The second kappa shape index (κ2) is 4.75. The van der Waals surface area contributed by atoms with Gasteiger partial charge in [-0.1, -0.05) is 12.1 Å². The molecule has 0 unspecified atom stereocenters. The summed E-state index contributed by atoms with van der Waals surface area (Å²) >= 11 is 0. The van der Waals surface area contributed by atoms with Crippen molar-refractivity contribution in [3.05, 3.63) is 36.0 Å². The number of rotatable bonds is 3. The number of hydrogen-bond donors (Lipinski definition) is 2. The quantitative estimate of drug-likeness (QED) is 0.870. The maximum atomic E-state index is 5.83. The normalized spacial score (nSPS) is 19.2. The molecule has 2 heterocycles. The van der Waals surface area contributed by atoms with Crippen LogP contribution in [0.3, 0.4) is 0 Å². The number of fused-ring (bicyclic) bond motifs is 1. The minimum Gasteiger partial charge on any atom is -0.378 e. The monoisotopic (exact) mass is 244 g/mol. The lowest BCUT2D eigenvalue weighted by molar-refractivity contribution is -0.0333. The number of aromatic amines is 1. The predicted octanol–water partition coefficient (Wildman–Crippen LogP) is 2.48. The van der Waals surface area contributed by atoms with Crippen molar-refractivity contribution in [2.24, 2.45) is 0 Å². The molecule has 1 aliphatic heterocycles. The van der Waals surface area contributed by atoms with E-state index < -0.39 is 0 Å². The molecule has 3 nitrogen and oxygen atoms in total. The van der Waals surface area contributed by atoms with Gasteiger partial charge in [-0.25, -0.2) is 0 Å². The molecule has 2 aromatic rings. The lowest BCUT2D eigenvalue weighted by atomic mass is 9.85. The van der Waals surface area contributed by atoms with Gasteiger partial charge in [0.05, 0.1) is 5.60 Å². The number of aromatic nitrogens is 1. The van der Waals surface area contributed by atoms with Gasteiger partial charge in [0.15, 0.2) is 0 Å². The van der Waals surface area contributed by atoms with Crippen LogP contribution in [0.4, 0.5) is 0 Å². The molecule has 3 rings (SSSR count). The van der Waals surface area contributed by atoms with Gasteiger partial charge in [-0.2, -0.15) is 0 Å². The van der Waals surface area contributed by atoms with Crippen molar-refractivity contribution in [3.63, 3.8) is 0 Å². The van der Waals surface area contributed by atoms with Crippen molar-refractivity contribution in [2.45, 2.75) is 24.9 Å². The van der Waals surface area contributed by atoms with E-state index in [0.29, 0.717) is 0 Å². The van der Waals surface area contributed by atoms with Crippen LogP contribution in [0.2, 0.25) is 0 Å². The van der Waals surface area contributed by atoms with Gasteiger partial charge in [0.1, 0.15) is 0 Å². The molecule has 1 aromatic heterocycles. The number of ether oxygens (including phenoxy) is 1. The molecule has 1 aliphatic rings. The molecule has 0 amide bonds. The molecule has 96 valence electrons. The van der Waals surface area contributed by atoms with Crippen LogP contribution in [0.15, 0.2) is 30.5 Å². The highest BCUT2D eigenvalue weighted by Gasteiger charge is 2.31. The zero-order chi connectivity index (χ0) is 12.4. The summed E-state index contributed by atoms with van der Waals surface area (Å²) < 4.78 is 5.83. The van der Waals surface area contributed by atoms with E-state index in [-0.39, 0.29) is 5.60 Å². The van der Waals surface area contributed by atoms with Crippen LogP contribution in [0.25, 0.3) is 10.9 Å². The minimum atomic E-state index is 0.0194. The summed E-state index contributed by atoms with van der Waals surface area (Å²) in [7, 11) is 1.85. The Kier molecular flexibility index (Phi) is 3.10. The molecular formula is C15H20N2O. The Hall–Kier alpha value is -1.32. The van der Waals surface area contributed by atoms with Crippen molar-refractivity contribution in [2.75, 3.05) is 20.2 Å². The summed E-state index contributed by atoms with van der Waals surface area (Å²) in [5.74, 6) is 0. The molecule has 2 N–H and O–H groups in total. The first-order valence-electron chi connectivity index (χ1n) is 6.63. The van der Waals surface area contributed by atoms with E-state index in [9.17, 15) is 0 Å². The van der Waals surface area contributed by atoms with Gasteiger partial charge in [-0.05, 0) is 49.0 Å². The minimum absolute atomic E-state index is 0.0194. The summed E-state index contributed by atoms with van der Waals surface area (Å²) in [6.07, 6.45) is 5.17. The van der Waals surface area contributed by atoms with E-state index >= 15 is 0 Å². The SMILES string of the molecule is COC1(Cc2ccc3cc[nH]c3c2)CCNCC1. The highest BCUT2D eigenvalue weighted by atomic mass is 16.5. The van der Waals surface area contributed by atoms with E-state index in [0.717, 1.165) is 32.4 Å². The van der Waals surface area contributed by atoms with Crippen LogP contribution in [-0.4, -0.2) is 30.8 Å². The third kappa shape index (κ3) is 2.16. The summed E-state index contributed by atoms with van der Waals surface area (Å²) in [5, 5.41) is 4.67. The van der Waals surface area contributed by atoms with E-state index in [1.807, 2.05) is 13.3 Å². The van der Waals surface area contributed by atoms with Crippen LogP contribution in [0.1, 0.15) is 18.4 Å². The molecule has 1 aromatic carbocycles. The lowest BCUT2D eigenvalue weighted by Crippen LogP contribution is -2.44. The molecule has 0 aliphatic carbocycles. The molecule has 0 saturated carbocycles. The molecule has 1 saturated heterocycles. The summed E-state index contributed by atoms with van der Waals surface area (Å²) in [6.45, 7) is 2.11. The predicted molar refractivity (Wildman–Crippen MR) is 73.8 cm³/mol. The highest BCUT2D eigenvalue weighted by molar-refractivity contribution is 5.79. The van der Waals surface area contributed by atoms with Crippen molar-refractivity contribution < 1.29 is 4.74 Å². The van der Waals surface area contributed by atoms with Gasteiger partial charge in [-0.15, -0.1) is 0 Å². The summed E-state index contributed by atoms with van der Waals surface area (Å²) in [5.41, 5.74) is 2.59. The fourth-order valence-corrected chi connectivity index (χ4v) is 2.91. The second-order valence-corrected chi connectivity index (χ2v) is 5.21. The molecule has 3 heteroatoms. The number of benzene rings is 1. The summed E-state index contributed by atoms with van der Waals surface area (Å²) in [6, 6.07) is 8.76. The number of hydrogen-bond acceptors (Lipinski definition) is 2. The van der Waals surface area contributed by atoms with Crippen molar-refractivity contribution in [1.82, 2.24) is 10.3 Å². The first-order valence-corrected chi connectivity index (χ1v) is 6.63. The number of H-pyrrole nitrogens is 1. The first kappa shape index (κ1) is 11.8. The zero-order valence-corrected chi connectivity index (χ0v) is 10.8. The Balaban J connectivity index is 1.85. The van der Waals surface area contributed by atoms with Crippen LogP contribution in [0.5, 0.6) is 0 Å². The molecule has 1 fully saturated rings. The third-order valence-corrected chi connectivity index (χ3v) is 4.09. The van der Waals surface area contributed by atoms with E-state index in [4.69, 9.17) is 4.74 Å². The van der Waals surface area contributed by atoms with Crippen molar-refractivity contribution in [1.29, 1.82) is 0 Å². The topological polar surface area (TPSA) is 37.0 Å². The Labute approximate surface area is 108 Å². The molecular weight excluding hydrogens is 224 g/mol. The van der Waals surface area contributed by atoms with Gasteiger partial charge in [0, 0.05) is 25.2 Å². The van der Waals surface area contributed by atoms with Gasteiger partial charge in [0.2, 0.25) is 0 Å². The van der Waals surface area contributed by atoms with Crippen LogP contribution in [0, 0.1) is 0 Å². The van der Waals surface area contributed by atoms with Gasteiger partial charge >= 0.3 is 0 Å². The molecule has 0 bridgehead atoms. The largest absolute Gasteiger partial charge is 0.378 e. The smallest absolute Gasteiger partial charge is 0.0743 e. The number of nitrogens with one attached hydrogen (secondary N) is 2. The Morgan fingerprint density at radius 1 is 1.22 bits per heavy atom. The maximum absolute atomic E-state index is 5.83. The average molecular weight is 244 g/mol. The van der Waals surface area contributed by atoms with Crippen molar-refractivity contribution >= 4 is 10.9 Å². The molecule has 0 radical (unpaired) electrons. The second-order valence-electron chi connectivity index (χ2n) is 5.21. The molecule has 0 spiro atoms. The Morgan fingerprint density at radius 3 is 2.83 bits per heavy atom. The number of piperidine rings is 1. The van der Waals surface area contributed by atoms with Crippen LogP contribution >= 0.6 is 0 Å². The van der Waals surface area contributed by atoms with Crippen LogP contribution in [-0.2, 0) is 11.2 Å². The molecule has 18 heavy (non-hydrogen) atoms. The highest BCUT2D eigenvalue weighted by Crippen LogP contribution is 2.28. The average Bonchev–Trinajstić information content (AvgIpc) is 2.87. The summed E-state index contributed by atoms with van der Waals surface area (Å²) in [4.78, 5) is 3.27. The van der Waals surface area contributed by atoms with Crippen LogP contribution < -0.4 is 5.32 Å².